The molecule has 0 atom stereocenters. The van der Waals surface area contributed by atoms with Gasteiger partial charge in [-0.3, -0.25) is 0 Å². The molecule has 4 aromatic rings. The van der Waals surface area contributed by atoms with Crippen molar-refractivity contribution in [3.63, 3.8) is 0 Å². The molecule has 0 saturated carbocycles. The summed E-state index contributed by atoms with van der Waals surface area (Å²) in [7, 11) is 1.98. The molecule has 5 nitrogen and oxygen atoms in total. The molecule has 2 heterocycles. The molecule has 0 spiro atoms. The number of rotatable bonds is 4. The van der Waals surface area contributed by atoms with Gasteiger partial charge in [-0.05, 0) is 56.3 Å². The first-order chi connectivity index (χ1) is 13.3. The van der Waals surface area contributed by atoms with Gasteiger partial charge in [0.25, 0.3) is 0 Å². The van der Waals surface area contributed by atoms with E-state index < -0.39 is 5.97 Å². The number of carbonyl (C=O) groups is 1. The van der Waals surface area contributed by atoms with Crippen LogP contribution in [0, 0.1) is 0 Å². The van der Waals surface area contributed by atoms with Gasteiger partial charge in [0.1, 0.15) is 11.3 Å². The first-order valence-corrected chi connectivity index (χ1v) is 9.31. The summed E-state index contributed by atoms with van der Waals surface area (Å²) in [5, 5.41) is 11.6. The highest BCUT2D eigenvalue weighted by Gasteiger charge is 2.19. The fraction of sp³-hybridized carbons (Fsp3) is 0.182. The summed E-state index contributed by atoms with van der Waals surface area (Å²) in [6.45, 7) is 4.17. The van der Waals surface area contributed by atoms with E-state index in [9.17, 15) is 9.90 Å². The van der Waals surface area contributed by atoms with Crippen LogP contribution in [0.5, 0.6) is 0 Å². The van der Waals surface area contributed by atoms with E-state index >= 15 is 0 Å². The number of halogens is 1. The highest BCUT2D eigenvalue weighted by molar-refractivity contribution is 6.31. The zero-order chi connectivity index (χ0) is 20.0. The quantitative estimate of drug-likeness (QED) is 0.470. The maximum absolute atomic E-state index is 11.3. The van der Waals surface area contributed by atoms with Crippen molar-refractivity contribution < 1.29 is 14.3 Å². The first-order valence-electron chi connectivity index (χ1n) is 8.94. The fourth-order valence-electron chi connectivity index (χ4n) is 3.15. The van der Waals surface area contributed by atoms with Gasteiger partial charge in [0.2, 0.25) is 0 Å². The Hall–Kier alpha value is -3.05. The Kier molecular flexibility index (Phi) is 4.47. The lowest BCUT2D eigenvalue weighted by Crippen LogP contribution is -2.26. The lowest BCUT2D eigenvalue weighted by atomic mass is 10.1. The average molecular weight is 395 g/mol. The molecular formula is C22H19ClN2O3. The van der Waals surface area contributed by atoms with E-state index in [0.717, 1.165) is 16.5 Å². The number of carboxylic acids is 1. The monoisotopic (exact) mass is 394 g/mol. The minimum Gasteiger partial charge on any atom is -0.478 e. The van der Waals surface area contributed by atoms with Crippen molar-refractivity contribution in [1.29, 1.82) is 0 Å². The van der Waals surface area contributed by atoms with Crippen LogP contribution < -0.4 is 4.90 Å². The largest absolute Gasteiger partial charge is 0.478 e. The number of carboxylic acid groups (broad SMARTS) is 1. The Labute approximate surface area is 167 Å². The van der Waals surface area contributed by atoms with E-state index in [-0.39, 0.29) is 11.6 Å². The van der Waals surface area contributed by atoms with Gasteiger partial charge in [-0.2, -0.15) is 0 Å². The van der Waals surface area contributed by atoms with Crippen LogP contribution in [0.1, 0.15) is 24.2 Å². The molecule has 0 bridgehead atoms. The zero-order valence-corrected chi connectivity index (χ0v) is 16.5. The predicted octanol–water partition coefficient (Wildman–Crippen LogP) is 5.84. The third kappa shape index (κ3) is 3.18. The molecule has 0 aliphatic carbocycles. The SMILES string of the molecule is CC(C)N(C)c1cc2cc(C(=O)O)ccc2nc1-c1cc2ccc(Cl)cc2o1. The van der Waals surface area contributed by atoms with Crippen molar-refractivity contribution in [2.75, 3.05) is 11.9 Å². The summed E-state index contributed by atoms with van der Waals surface area (Å²) >= 11 is 6.08. The van der Waals surface area contributed by atoms with Crippen LogP contribution in [-0.2, 0) is 0 Å². The third-order valence-corrected chi connectivity index (χ3v) is 5.15. The maximum atomic E-state index is 11.3. The van der Waals surface area contributed by atoms with E-state index in [2.05, 4.69) is 18.7 Å². The van der Waals surface area contributed by atoms with Crippen molar-refractivity contribution in [2.45, 2.75) is 19.9 Å². The van der Waals surface area contributed by atoms with Crippen LogP contribution in [0.3, 0.4) is 0 Å². The molecule has 28 heavy (non-hydrogen) atoms. The van der Waals surface area contributed by atoms with Crippen molar-refractivity contribution in [3.05, 3.63) is 59.1 Å². The van der Waals surface area contributed by atoms with Gasteiger partial charge in [-0.15, -0.1) is 0 Å². The van der Waals surface area contributed by atoms with E-state index in [4.69, 9.17) is 21.0 Å². The van der Waals surface area contributed by atoms with Crippen LogP contribution in [-0.4, -0.2) is 29.1 Å². The van der Waals surface area contributed by atoms with E-state index in [1.807, 2.05) is 31.3 Å². The van der Waals surface area contributed by atoms with Crippen LogP contribution in [0.4, 0.5) is 5.69 Å². The molecule has 0 unspecified atom stereocenters. The van der Waals surface area contributed by atoms with Crippen molar-refractivity contribution >= 4 is 45.1 Å². The Morgan fingerprint density at radius 1 is 1.11 bits per heavy atom. The molecule has 0 amide bonds. The Balaban J connectivity index is 1.97. The van der Waals surface area contributed by atoms with E-state index in [1.54, 1.807) is 24.3 Å². The van der Waals surface area contributed by atoms with Crippen molar-refractivity contribution in [1.82, 2.24) is 4.98 Å². The smallest absolute Gasteiger partial charge is 0.335 e. The number of fused-ring (bicyclic) bond motifs is 2. The molecular weight excluding hydrogens is 376 g/mol. The molecule has 0 aliphatic heterocycles. The Morgan fingerprint density at radius 3 is 2.61 bits per heavy atom. The molecule has 6 heteroatoms. The summed E-state index contributed by atoms with van der Waals surface area (Å²) in [4.78, 5) is 18.2. The van der Waals surface area contributed by atoms with Crippen LogP contribution in [0.2, 0.25) is 5.02 Å². The Bertz CT molecular complexity index is 1210. The van der Waals surface area contributed by atoms with Gasteiger partial charge < -0.3 is 14.4 Å². The number of anilines is 1. The second kappa shape index (κ2) is 6.84. The number of hydrogen-bond acceptors (Lipinski definition) is 4. The van der Waals surface area contributed by atoms with Crippen molar-refractivity contribution in [2.24, 2.45) is 0 Å². The molecule has 0 saturated heterocycles. The van der Waals surface area contributed by atoms with E-state index in [0.29, 0.717) is 27.6 Å². The summed E-state index contributed by atoms with van der Waals surface area (Å²) in [5.41, 5.74) is 3.22. The summed E-state index contributed by atoms with van der Waals surface area (Å²) in [5.74, 6) is -0.317. The second-order valence-electron chi connectivity index (χ2n) is 7.07. The van der Waals surface area contributed by atoms with Gasteiger partial charge in [-0.1, -0.05) is 11.6 Å². The minimum atomic E-state index is -0.959. The highest BCUT2D eigenvalue weighted by Crippen LogP contribution is 2.36. The van der Waals surface area contributed by atoms with Crippen molar-refractivity contribution in [3.8, 4) is 11.5 Å². The highest BCUT2D eigenvalue weighted by atomic mass is 35.5. The molecule has 2 aromatic heterocycles. The lowest BCUT2D eigenvalue weighted by molar-refractivity contribution is 0.0697. The van der Waals surface area contributed by atoms with Gasteiger partial charge in [0.05, 0.1) is 16.8 Å². The molecule has 2 aromatic carbocycles. The normalized spacial score (nSPS) is 11.5. The molecule has 1 N–H and O–H groups in total. The minimum absolute atomic E-state index is 0.222. The second-order valence-corrected chi connectivity index (χ2v) is 7.50. The number of pyridine rings is 1. The van der Waals surface area contributed by atoms with Gasteiger partial charge in [-0.25, -0.2) is 9.78 Å². The number of furan rings is 1. The summed E-state index contributed by atoms with van der Waals surface area (Å²) in [6.07, 6.45) is 0. The predicted molar refractivity (Wildman–Crippen MR) is 112 cm³/mol. The number of aromatic carboxylic acids is 1. The molecule has 0 radical (unpaired) electrons. The number of aromatic nitrogens is 1. The summed E-state index contributed by atoms with van der Waals surface area (Å²) in [6, 6.07) is 14.6. The van der Waals surface area contributed by atoms with Crippen LogP contribution in [0.15, 0.2) is 52.9 Å². The molecule has 142 valence electrons. The fourth-order valence-corrected chi connectivity index (χ4v) is 3.31. The number of hydrogen-bond donors (Lipinski definition) is 1. The zero-order valence-electron chi connectivity index (χ0n) is 15.7. The number of nitrogens with zero attached hydrogens (tertiary/aromatic N) is 2. The first kappa shape index (κ1) is 18.3. The van der Waals surface area contributed by atoms with Gasteiger partial charge in [0, 0.05) is 35.0 Å². The Morgan fingerprint density at radius 2 is 1.89 bits per heavy atom. The van der Waals surface area contributed by atoms with Gasteiger partial charge in [0.15, 0.2) is 5.76 Å². The maximum Gasteiger partial charge on any atom is 0.335 e. The van der Waals surface area contributed by atoms with E-state index in [1.165, 1.54) is 0 Å². The van der Waals surface area contributed by atoms with Gasteiger partial charge >= 0.3 is 5.97 Å². The topological polar surface area (TPSA) is 66.6 Å². The lowest BCUT2D eigenvalue weighted by Gasteiger charge is -2.25. The average Bonchev–Trinajstić information content (AvgIpc) is 3.08. The van der Waals surface area contributed by atoms with Crippen LogP contribution in [0.25, 0.3) is 33.3 Å². The molecule has 0 aliphatic rings. The number of benzene rings is 2. The molecule has 0 fully saturated rings. The van der Waals surface area contributed by atoms with Crippen LogP contribution >= 0.6 is 11.6 Å². The standard InChI is InChI=1S/C22H19ClN2O3/c1-12(2)25(3)18-9-15-8-14(22(26)27)5-7-17(15)24-21(18)20-10-13-4-6-16(23)11-19(13)28-20/h4-12H,1-3H3,(H,26,27). The third-order valence-electron chi connectivity index (χ3n) is 4.91. The molecule has 4 rings (SSSR count). The summed E-state index contributed by atoms with van der Waals surface area (Å²) < 4.78 is 6.05.